The molecule has 0 saturated carbocycles. The maximum absolute atomic E-state index is 12.5. The molecule has 134 valence electrons. The highest BCUT2D eigenvalue weighted by Gasteiger charge is 2.25. The average Bonchev–Trinajstić information content (AvgIpc) is 3.08. The van der Waals surface area contributed by atoms with Gasteiger partial charge in [0.1, 0.15) is 18.2 Å². The molecule has 0 spiro atoms. The molecule has 0 radical (unpaired) electrons. The maximum atomic E-state index is 12.5. The van der Waals surface area contributed by atoms with Crippen LogP contribution in [0.25, 0.3) is 0 Å². The standard InChI is InChI=1S/C19H25N3O3/c1-15-20-8-10-22(15)17-6-4-9-21(12-17)19(23)14-25-13-16-5-3-7-18(11-16)24-2/h3,5,7-8,10-11,17H,4,6,9,12-14H2,1-2H3/t17-/m0/s1. The molecule has 1 saturated heterocycles. The van der Waals surface area contributed by atoms with Crippen molar-refractivity contribution in [3.8, 4) is 5.75 Å². The van der Waals surface area contributed by atoms with Crippen LogP contribution >= 0.6 is 0 Å². The van der Waals surface area contributed by atoms with Crippen LogP contribution in [0.1, 0.15) is 30.3 Å². The smallest absolute Gasteiger partial charge is 0.248 e. The summed E-state index contributed by atoms with van der Waals surface area (Å²) in [6.45, 7) is 4.02. The number of ether oxygens (including phenoxy) is 2. The van der Waals surface area contributed by atoms with Gasteiger partial charge in [-0.05, 0) is 37.5 Å². The number of carbonyl (C=O) groups is 1. The van der Waals surface area contributed by atoms with E-state index in [1.54, 1.807) is 7.11 Å². The third-order valence-corrected chi connectivity index (χ3v) is 4.63. The van der Waals surface area contributed by atoms with Crippen LogP contribution in [0.15, 0.2) is 36.7 Å². The first-order valence-corrected chi connectivity index (χ1v) is 8.65. The van der Waals surface area contributed by atoms with Crippen molar-refractivity contribution in [2.75, 3.05) is 26.8 Å². The summed E-state index contributed by atoms with van der Waals surface area (Å²) in [7, 11) is 1.64. The van der Waals surface area contributed by atoms with Crippen LogP contribution in [0.4, 0.5) is 0 Å². The van der Waals surface area contributed by atoms with E-state index in [1.807, 2.05) is 48.5 Å². The van der Waals surface area contributed by atoms with Gasteiger partial charge in [-0.1, -0.05) is 12.1 Å². The van der Waals surface area contributed by atoms with E-state index < -0.39 is 0 Å². The maximum Gasteiger partial charge on any atom is 0.248 e. The SMILES string of the molecule is COc1cccc(COCC(=O)N2CCC[C@H](n3ccnc3C)C2)c1. The zero-order valence-corrected chi connectivity index (χ0v) is 14.9. The minimum atomic E-state index is 0.0466. The summed E-state index contributed by atoms with van der Waals surface area (Å²) in [5.41, 5.74) is 0.998. The van der Waals surface area contributed by atoms with E-state index in [-0.39, 0.29) is 12.5 Å². The molecule has 1 aliphatic rings. The highest BCUT2D eigenvalue weighted by molar-refractivity contribution is 5.77. The number of imidazole rings is 1. The average molecular weight is 343 g/mol. The van der Waals surface area contributed by atoms with Crippen LogP contribution < -0.4 is 4.74 Å². The fourth-order valence-electron chi connectivity index (χ4n) is 3.29. The summed E-state index contributed by atoms with van der Waals surface area (Å²) in [5, 5.41) is 0. The van der Waals surface area contributed by atoms with Crippen LogP contribution in [0, 0.1) is 6.92 Å². The molecule has 0 aliphatic carbocycles. The predicted molar refractivity (Wildman–Crippen MR) is 94.5 cm³/mol. The fraction of sp³-hybridized carbons (Fsp3) is 0.474. The van der Waals surface area contributed by atoms with Crippen LogP contribution in [0.2, 0.25) is 0 Å². The Labute approximate surface area is 148 Å². The lowest BCUT2D eigenvalue weighted by molar-refractivity contribution is -0.138. The Kier molecular flexibility index (Phi) is 5.71. The molecule has 1 fully saturated rings. The second-order valence-electron chi connectivity index (χ2n) is 6.36. The van der Waals surface area contributed by atoms with E-state index in [0.717, 1.165) is 43.1 Å². The molecule has 1 atom stereocenters. The molecule has 2 heterocycles. The quantitative estimate of drug-likeness (QED) is 0.809. The van der Waals surface area contributed by atoms with Crippen molar-refractivity contribution in [1.29, 1.82) is 0 Å². The summed E-state index contributed by atoms with van der Waals surface area (Å²) in [6, 6.07) is 8.00. The zero-order valence-electron chi connectivity index (χ0n) is 14.9. The number of benzene rings is 1. The van der Waals surface area contributed by atoms with E-state index in [9.17, 15) is 4.79 Å². The number of aromatic nitrogens is 2. The molecule has 25 heavy (non-hydrogen) atoms. The van der Waals surface area contributed by atoms with Crippen LogP contribution in [-0.4, -0.2) is 47.2 Å². The van der Waals surface area contributed by atoms with E-state index in [1.165, 1.54) is 0 Å². The number of hydrogen-bond acceptors (Lipinski definition) is 4. The molecule has 0 unspecified atom stereocenters. The summed E-state index contributed by atoms with van der Waals surface area (Å²) < 4.78 is 13.0. The molecule has 3 rings (SSSR count). The van der Waals surface area contributed by atoms with Gasteiger partial charge in [0.25, 0.3) is 0 Å². The van der Waals surface area contributed by atoms with Gasteiger partial charge in [-0.15, -0.1) is 0 Å². The molecule has 6 heteroatoms. The van der Waals surface area contributed by atoms with Crippen molar-refractivity contribution in [2.45, 2.75) is 32.4 Å². The van der Waals surface area contributed by atoms with Crippen LogP contribution in [0.5, 0.6) is 5.75 Å². The normalized spacial score (nSPS) is 17.5. The number of likely N-dealkylation sites (tertiary alicyclic amines) is 1. The van der Waals surface area contributed by atoms with Gasteiger partial charge in [0, 0.05) is 25.5 Å². The third kappa shape index (κ3) is 4.39. The Balaban J connectivity index is 1.50. The number of rotatable bonds is 6. The third-order valence-electron chi connectivity index (χ3n) is 4.63. The molecular weight excluding hydrogens is 318 g/mol. The number of nitrogens with zero attached hydrogens (tertiary/aromatic N) is 3. The molecule has 0 N–H and O–H groups in total. The van der Waals surface area contributed by atoms with Crippen molar-refractivity contribution in [2.24, 2.45) is 0 Å². The van der Waals surface area contributed by atoms with Crippen molar-refractivity contribution >= 4 is 5.91 Å². The first-order valence-electron chi connectivity index (χ1n) is 8.65. The highest BCUT2D eigenvalue weighted by atomic mass is 16.5. The monoisotopic (exact) mass is 343 g/mol. The van der Waals surface area contributed by atoms with Crippen molar-refractivity contribution in [3.05, 3.63) is 48.0 Å². The van der Waals surface area contributed by atoms with E-state index in [4.69, 9.17) is 9.47 Å². The van der Waals surface area contributed by atoms with Crippen molar-refractivity contribution < 1.29 is 14.3 Å². The van der Waals surface area contributed by atoms with Gasteiger partial charge < -0.3 is 18.9 Å². The zero-order chi connectivity index (χ0) is 17.6. The first kappa shape index (κ1) is 17.5. The van der Waals surface area contributed by atoms with Gasteiger partial charge in [0.05, 0.1) is 19.8 Å². The van der Waals surface area contributed by atoms with Crippen molar-refractivity contribution in [3.63, 3.8) is 0 Å². The Hall–Kier alpha value is -2.34. The summed E-state index contributed by atoms with van der Waals surface area (Å²) in [6.07, 6.45) is 5.89. The lowest BCUT2D eigenvalue weighted by Crippen LogP contribution is -2.42. The second kappa shape index (κ2) is 8.16. The number of aryl methyl sites for hydroxylation is 1. The highest BCUT2D eigenvalue weighted by Crippen LogP contribution is 2.22. The first-order chi connectivity index (χ1) is 12.2. The Bertz CT molecular complexity index is 713. The van der Waals surface area contributed by atoms with E-state index in [0.29, 0.717) is 12.6 Å². The van der Waals surface area contributed by atoms with Crippen molar-refractivity contribution in [1.82, 2.24) is 14.5 Å². The van der Waals surface area contributed by atoms with Gasteiger partial charge in [0.2, 0.25) is 5.91 Å². The Morgan fingerprint density at radius 1 is 1.40 bits per heavy atom. The van der Waals surface area contributed by atoms with Crippen LogP contribution in [0.3, 0.4) is 0 Å². The number of piperidine rings is 1. The molecule has 1 aromatic carbocycles. The number of amides is 1. The number of hydrogen-bond donors (Lipinski definition) is 0. The minimum Gasteiger partial charge on any atom is -0.497 e. The number of methoxy groups -OCH3 is 1. The Morgan fingerprint density at radius 3 is 3.04 bits per heavy atom. The molecular formula is C19H25N3O3. The van der Waals surface area contributed by atoms with Gasteiger partial charge in [-0.25, -0.2) is 4.98 Å². The van der Waals surface area contributed by atoms with Gasteiger partial charge in [-0.2, -0.15) is 0 Å². The molecule has 0 bridgehead atoms. The summed E-state index contributed by atoms with van der Waals surface area (Å²) >= 11 is 0. The molecule has 2 aromatic rings. The second-order valence-corrected chi connectivity index (χ2v) is 6.36. The summed E-state index contributed by atoms with van der Waals surface area (Å²) in [5.74, 6) is 1.83. The summed E-state index contributed by atoms with van der Waals surface area (Å²) in [4.78, 5) is 18.6. The van der Waals surface area contributed by atoms with Gasteiger partial charge >= 0.3 is 0 Å². The fourth-order valence-corrected chi connectivity index (χ4v) is 3.29. The van der Waals surface area contributed by atoms with E-state index >= 15 is 0 Å². The lowest BCUT2D eigenvalue weighted by Gasteiger charge is -2.33. The molecule has 1 amide bonds. The van der Waals surface area contributed by atoms with E-state index in [2.05, 4.69) is 9.55 Å². The van der Waals surface area contributed by atoms with Crippen LogP contribution in [-0.2, 0) is 16.1 Å². The molecule has 6 nitrogen and oxygen atoms in total. The largest absolute Gasteiger partial charge is 0.497 e. The number of carbonyl (C=O) groups excluding carboxylic acids is 1. The minimum absolute atomic E-state index is 0.0466. The predicted octanol–water partition coefficient (Wildman–Crippen LogP) is 2.58. The van der Waals surface area contributed by atoms with Gasteiger partial charge in [0.15, 0.2) is 0 Å². The van der Waals surface area contributed by atoms with Gasteiger partial charge in [-0.3, -0.25) is 4.79 Å². The molecule has 1 aliphatic heterocycles. The lowest BCUT2D eigenvalue weighted by atomic mass is 10.1. The topological polar surface area (TPSA) is 56.6 Å². The Morgan fingerprint density at radius 2 is 2.28 bits per heavy atom. The molecule has 1 aromatic heterocycles.